The van der Waals surface area contributed by atoms with Crippen molar-refractivity contribution in [3.63, 3.8) is 0 Å². The molecule has 1 aliphatic rings. The van der Waals surface area contributed by atoms with Gasteiger partial charge in [-0.1, -0.05) is 6.92 Å². The van der Waals surface area contributed by atoms with Gasteiger partial charge in [-0.15, -0.1) is 0 Å². The van der Waals surface area contributed by atoms with E-state index in [2.05, 4.69) is 11.8 Å². The van der Waals surface area contributed by atoms with Crippen LogP contribution in [0.1, 0.15) is 43.7 Å². The lowest BCUT2D eigenvalue weighted by Crippen LogP contribution is -2.43. The van der Waals surface area contributed by atoms with E-state index in [1.807, 2.05) is 0 Å². The molecule has 7 heteroatoms. The molecule has 0 spiro atoms. The fourth-order valence-electron chi connectivity index (χ4n) is 3.89. The Morgan fingerprint density at radius 3 is 2.67 bits per heavy atom. The summed E-state index contributed by atoms with van der Waals surface area (Å²) in [4.78, 5) is 29.1. The van der Waals surface area contributed by atoms with Gasteiger partial charge in [0.2, 0.25) is 0 Å². The molecule has 1 amide bonds. The molecule has 2 heterocycles. The second kappa shape index (κ2) is 10.4. The largest absolute Gasteiger partial charge is 0.466 e. The van der Waals surface area contributed by atoms with Crippen molar-refractivity contribution < 1.29 is 23.1 Å². The summed E-state index contributed by atoms with van der Waals surface area (Å²) in [5, 5.41) is 0. The lowest BCUT2D eigenvalue weighted by molar-refractivity contribution is -0.143. The summed E-state index contributed by atoms with van der Waals surface area (Å²) in [6.07, 6.45) is 2.27. The summed E-state index contributed by atoms with van der Waals surface area (Å²) in [6.45, 7) is 6.97. The van der Waals surface area contributed by atoms with Crippen LogP contribution in [0.25, 0.3) is 11.3 Å². The summed E-state index contributed by atoms with van der Waals surface area (Å²) in [7, 11) is 0. The van der Waals surface area contributed by atoms with Crippen LogP contribution in [-0.4, -0.2) is 60.5 Å². The minimum Gasteiger partial charge on any atom is -0.466 e. The first-order valence-electron chi connectivity index (χ1n) is 10.6. The number of hydrogen-bond acceptors (Lipinski definition) is 5. The van der Waals surface area contributed by atoms with Crippen molar-refractivity contribution in [2.45, 2.75) is 39.2 Å². The van der Waals surface area contributed by atoms with Crippen LogP contribution in [0.4, 0.5) is 4.39 Å². The Balaban J connectivity index is 1.75. The highest BCUT2D eigenvalue weighted by Crippen LogP contribution is 2.24. The lowest BCUT2D eigenvalue weighted by Gasteiger charge is -2.29. The number of furan rings is 1. The average Bonchev–Trinajstić information content (AvgIpc) is 3.41. The Labute approximate surface area is 176 Å². The molecule has 2 aromatic rings. The molecule has 6 nitrogen and oxygen atoms in total. The SMILES string of the molecule is CCOC(=O)CCN(CC1CCCN1CC)C(=O)c1ccc(-c2ccc(F)cc2)o1. The van der Waals surface area contributed by atoms with E-state index in [1.54, 1.807) is 36.1 Å². The smallest absolute Gasteiger partial charge is 0.307 e. The first kappa shape index (κ1) is 22.0. The summed E-state index contributed by atoms with van der Waals surface area (Å²) >= 11 is 0. The van der Waals surface area contributed by atoms with Crippen LogP contribution in [0.3, 0.4) is 0 Å². The maximum Gasteiger partial charge on any atom is 0.307 e. The quantitative estimate of drug-likeness (QED) is 0.579. The van der Waals surface area contributed by atoms with Crippen LogP contribution in [0.2, 0.25) is 0 Å². The number of benzene rings is 1. The molecule has 162 valence electrons. The third-order valence-corrected chi connectivity index (χ3v) is 5.46. The summed E-state index contributed by atoms with van der Waals surface area (Å²) in [5.74, 6) is -0.195. The van der Waals surface area contributed by atoms with E-state index in [-0.39, 0.29) is 42.5 Å². The van der Waals surface area contributed by atoms with Gasteiger partial charge >= 0.3 is 5.97 Å². The lowest BCUT2D eigenvalue weighted by atomic mass is 10.2. The third kappa shape index (κ3) is 5.48. The fraction of sp³-hybridized carbons (Fsp3) is 0.478. The molecule has 1 atom stereocenters. The molecule has 30 heavy (non-hydrogen) atoms. The molecule has 0 radical (unpaired) electrons. The highest BCUT2D eigenvalue weighted by Gasteiger charge is 2.29. The number of nitrogens with zero attached hydrogens (tertiary/aromatic N) is 2. The van der Waals surface area contributed by atoms with E-state index in [1.165, 1.54) is 12.1 Å². The molecule has 1 unspecified atom stereocenters. The Kier molecular flexibility index (Phi) is 7.63. The van der Waals surface area contributed by atoms with Gasteiger partial charge in [0.05, 0.1) is 13.0 Å². The molecular weight excluding hydrogens is 387 g/mol. The first-order valence-corrected chi connectivity index (χ1v) is 10.6. The van der Waals surface area contributed by atoms with Gasteiger partial charge in [0.15, 0.2) is 5.76 Å². The molecule has 1 fully saturated rings. The number of halogens is 1. The zero-order valence-electron chi connectivity index (χ0n) is 17.6. The Morgan fingerprint density at radius 2 is 1.97 bits per heavy atom. The highest BCUT2D eigenvalue weighted by molar-refractivity contribution is 5.92. The van der Waals surface area contributed by atoms with Crippen LogP contribution in [0, 0.1) is 5.82 Å². The monoisotopic (exact) mass is 416 g/mol. The second-order valence-electron chi connectivity index (χ2n) is 7.40. The maximum atomic E-state index is 13.2. The number of ether oxygens (including phenoxy) is 1. The van der Waals surface area contributed by atoms with Crippen LogP contribution >= 0.6 is 0 Å². The maximum absolute atomic E-state index is 13.2. The van der Waals surface area contributed by atoms with Gasteiger partial charge in [-0.2, -0.15) is 0 Å². The van der Waals surface area contributed by atoms with Crippen molar-refractivity contribution in [3.8, 4) is 11.3 Å². The number of carbonyl (C=O) groups excluding carboxylic acids is 2. The van der Waals surface area contributed by atoms with Crippen LogP contribution in [-0.2, 0) is 9.53 Å². The van der Waals surface area contributed by atoms with Gasteiger partial charge in [0, 0.05) is 24.7 Å². The summed E-state index contributed by atoms with van der Waals surface area (Å²) < 4.78 is 24.0. The predicted molar refractivity (Wildman–Crippen MR) is 112 cm³/mol. The third-order valence-electron chi connectivity index (χ3n) is 5.46. The fourth-order valence-corrected chi connectivity index (χ4v) is 3.89. The molecule has 0 aliphatic carbocycles. The molecule has 0 bridgehead atoms. The zero-order chi connectivity index (χ0) is 21.5. The Morgan fingerprint density at radius 1 is 1.20 bits per heavy atom. The van der Waals surface area contributed by atoms with Gasteiger partial charge in [0.25, 0.3) is 5.91 Å². The van der Waals surface area contributed by atoms with Gasteiger partial charge < -0.3 is 14.1 Å². The van der Waals surface area contributed by atoms with Crippen LogP contribution in [0.15, 0.2) is 40.8 Å². The average molecular weight is 416 g/mol. The molecule has 0 saturated carbocycles. The van der Waals surface area contributed by atoms with Crippen molar-refractivity contribution in [2.75, 3.05) is 32.8 Å². The topological polar surface area (TPSA) is 63.0 Å². The molecule has 1 saturated heterocycles. The number of rotatable bonds is 9. The zero-order valence-corrected chi connectivity index (χ0v) is 17.6. The van der Waals surface area contributed by atoms with Crippen LogP contribution in [0.5, 0.6) is 0 Å². The van der Waals surface area contributed by atoms with Crippen molar-refractivity contribution in [1.29, 1.82) is 0 Å². The predicted octanol–water partition coefficient (Wildman–Crippen LogP) is 3.97. The van der Waals surface area contributed by atoms with E-state index in [0.29, 0.717) is 24.5 Å². The van der Waals surface area contributed by atoms with Gasteiger partial charge in [0.1, 0.15) is 11.6 Å². The second-order valence-corrected chi connectivity index (χ2v) is 7.40. The van der Waals surface area contributed by atoms with Crippen molar-refractivity contribution in [3.05, 3.63) is 48.0 Å². The molecular formula is C23H29FN2O4. The van der Waals surface area contributed by atoms with Crippen molar-refractivity contribution >= 4 is 11.9 Å². The van der Waals surface area contributed by atoms with Crippen molar-refractivity contribution in [1.82, 2.24) is 9.80 Å². The summed E-state index contributed by atoms with van der Waals surface area (Å²) in [6, 6.07) is 9.53. The number of esters is 1. The van der Waals surface area contributed by atoms with E-state index in [4.69, 9.17) is 9.15 Å². The minimum atomic E-state index is -0.330. The number of hydrogen-bond donors (Lipinski definition) is 0. The van der Waals surface area contributed by atoms with Gasteiger partial charge in [-0.05, 0) is 69.3 Å². The standard InChI is InChI=1S/C23H29FN2O4/c1-3-25-14-5-6-19(25)16-26(15-13-22(27)29-4-2)23(28)21-12-11-20(30-21)17-7-9-18(24)10-8-17/h7-12,19H,3-6,13-16H2,1-2H3. The highest BCUT2D eigenvalue weighted by atomic mass is 19.1. The Bertz CT molecular complexity index is 849. The number of likely N-dealkylation sites (N-methyl/N-ethyl adjacent to an activating group) is 1. The van der Waals surface area contributed by atoms with E-state index < -0.39 is 0 Å². The minimum absolute atomic E-state index is 0.143. The number of likely N-dealkylation sites (tertiary alicyclic amines) is 1. The number of carbonyl (C=O) groups is 2. The van der Waals surface area contributed by atoms with Crippen molar-refractivity contribution in [2.24, 2.45) is 0 Å². The number of amides is 1. The van der Waals surface area contributed by atoms with E-state index >= 15 is 0 Å². The van der Waals surface area contributed by atoms with Gasteiger partial charge in [-0.25, -0.2) is 4.39 Å². The molecule has 1 aromatic carbocycles. The molecule has 0 N–H and O–H groups in total. The van der Waals surface area contributed by atoms with Gasteiger partial charge in [-0.3, -0.25) is 14.5 Å². The Hall–Kier alpha value is -2.67. The van der Waals surface area contributed by atoms with E-state index in [9.17, 15) is 14.0 Å². The van der Waals surface area contributed by atoms with Crippen LogP contribution < -0.4 is 0 Å². The summed E-state index contributed by atoms with van der Waals surface area (Å²) in [5.41, 5.74) is 0.696. The first-order chi connectivity index (χ1) is 14.5. The normalized spacial score (nSPS) is 16.6. The molecule has 3 rings (SSSR count). The molecule has 1 aliphatic heterocycles. The van der Waals surface area contributed by atoms with E-state index in [0.717, 1.165) is 25.9 Å². The molecule has 1 aromatic heterocycles.